The molecule has 4 nitrogen and oxygen atoms in total. The zero-order chi connectivity index (χ0) is 14.6. The van der Waals surface area contributed by atoms with E-state index in [0.717, 1.165) is 40.3 Å². The van der Waals surface area contributed by atoms with Gasteiger partial charge < -0.3 is 10.0 Å². The molecule has 2 aliphatic rings. The Bertz CT molecular complexity index is 733. The molecule has 0 aliphatic carbocycles. The van der Waals surface area contributed by atoms with Gasteiger partial charge in [-0.25, -0.2) is 4.79 Å². The zero-order valence-electron chi connectivity index (χ0n) is 11.4. The molecule has 2 atom stereocenters. The van der Waals surface area contributed by atoms with Crippen LogP contribution < -0.4 is 4.90 Å². The fourth-order valence-corrected chi connectivity index (χ4v) is 3.94. The Morgan fingerprint density at radius 1 is 1.14 bits per heavy atom. The molecule has 1 unspecified atom stereocenters. The van der Waals surface area contributed by atoms with Crippen LogP contribution in [0.5, 0.6) is 0 Å². The number of amides is 2. The van der Waals surface area contributed by atoms with Crippen molar-refractivity contribution >= 4 is 38.4 Å². The van der Waals surface area contributed by atoms with Crippen LogP contribution in [0, 0.1) is 0 Å². The Hall–Kier alpha value is -1.59. The second-order valence-corrected chi connectivity index (χ2v) is 6.44. The van der Waals surface area contributed by atoms with E-state index in [0.29, 0.717) is 0 Å². The van der Waals surface area contributed by atoms with Crippen molar-refractivity contribution in [3.8, 4) is 0 Å². The van der Waals surface area contributed by atoms with Crippen LogP contribution in [0.4, 0.5) is 10.5 Å². The molecular weight excluding hydrogens is 332 g/mol. The minimum Gasteiger partial charge on any atom is -0.371 e. The number of carbonyl (C=O) groups excluding carboxylic acids is 1. The Labute approximate surface area is 131 Å². The number of carbonyl (C=O) groups is 1. The van der Waals surface area contributed by atoms with Crippen molar-refractivity contribution in [2.45, 2.75) is 25.1 Å². The lowest BCUT2D eigenvalue weighted by molar-refractivity contribution is 0.137. The maximum absolute atomic E-state index is 12.6. The first-order chi connectivity index (χ1) is 10.2. The van der Waals surface area contributed by atoms with Crippen molar-refractivity contribution in [3.05, 3.63) is 40.9 Å². The normalized spacial score (nSPS) is 25.0. The van der Waals surface area contributed by atoms with Crippen molar-refractivity contribution in [2.24, 2.45) is 0 Å². The lowest BCUT2D eigenvalue weighted by Crippen LogP contribution is -2.36. The van der Waals surface area contributed by atoms with Crippen LogP contribution in [0.1, 0.15) is 12.8 Å². The van der Waals surface area contributed by atoms with Gasteiger partial charge in [-0.05, 0) is 30.4 Å². The standard InChI is InChI=1S/C16H15BrN2O2/c17-12-7-8-13(11-5-2-1-4-10(11)12)19-15(20)14-6-3-9-18(14)16(19)21/h1-2,4-5,7-8,14-15,20H,3,6,9H2/t14-,15?/m1/s1. The fourth-order valence-electron chi connectivity index (χ4n) is 3.47. The van der Waals surface area contributed by atoms with Crippen LogP contribution in [0.25, 0.3) is 10.8 Å². The van der Waals surface area contributed by atoms with Gasteiger partial charge in [-0.15, -0.1) is 0 Å². The second-order valence-electron chi connectivity index (χ2n) is 5.58. The molecule has 0 aromatic heterocycles. The molecule has 2 aromatic carbocycles. The molecule has 5 heteroatoms. The van der Waals surface area contributed by atoms with Crippen LogP contribution in [-0.4, -0.2) is 34.9 Å². The van der Waals surface area contributed by atoms with Crippen LogP contribution in [0.15, 0.2) is 40.9 Å². The third-order valence-electron chi connectivity index (χ3n) is 4.47. The third-order valence-corrected chi connectivity index (χ3v) is 5.16. The van der Waals surface area contributed by atoms with Crippen LogP contribution in [-0.2, 0) is 0 Å². The molecule has 2 aliphatic heterocycles. The predicted octanol–water partition coefficient (Wildman–Crippen LogP) is 3.33. The fraction of sp³-hybridized carbons (Fsp3) is 0.312. The molecule has 108 valence electrons. The van der Waals surface area contributed by atoms with Gasteiger partial charge in [-0.3, -0.25) is 4.90 Å². The highest BCUT2D eigenvalue weighted by molar-refractivity contribution is 9.10. The van der Waals surface area contributed by atoms with Crippen molar-refractivity contribution in [3.63, 3.8) is 0 Å². The van der Waals surface area contributed by atoms with Gasteiger partial charge >= 0.3 is 6.03 Å². The van der Waals surface area contributed by atoms with Crippen molar-refractivity contribution in [1.82, 2.24) is 4.90 Å². The van der Waals surface area contributed by atoms with E-state index in [1.165, 1.54) is 0 Å². The first-order valence-corrected chi connectivity index (χ1v) is 7.93. The smallest absolute Gasteiger partial charge is 0.327 e. The second kappa shape index (κ2) is 4.71. The molecule has 2 saturated heterocycles. The summed E-state index contributed by atoms with van der Waals surface area (Å²) in [5.74, 6) is 0. The number of nitrogens with zero attached hydrogens (tertiary/aromatic N) is 2. The van der Waals surface area contributed by atoms with Crippen LogP contribution >= 0.6 is 15.9 Å². The number of halogens is 1. The topological polar surface area (TPSA) is 43.8 Å². The minimum absolute atomic E-state index is 0.0695. The highest BCUT2D eigenvalue weighted by Gasteiger charge is 2.48. The summed E-state index contributed by atoms with van der Waals surface area (Å²) in [6.45, 7) is 0.742. The van der Waals surface area contributed by atoms with Crippen molar-refractivity contribution < 1.29 is 9.90 Å². The van der Waals surface area contributed by atoms with Crippen molar-refractivity contribution in [1.29, 1.82) is 0 Å². The number of fused-ring (bicyclic) bond motifs is 2. The summed E-state index contributed by atoms with van der Waals surface area (Å²) in [6.07, 6.45) is 1.09. The molecule has 21 heavy (non-hydrogen) atoms. The maximum Gasteiger partial charge on any atom is 0.327 e. The Balaban J connectivity index is 1.88. The molecule has 0 bridgehead atoms. The highest BCUT2D eigenvalue weighted by atomic mass is 79.9. The Kier molecular flexibility index (Phi) is 2.94. The summed E-state index contributed by atoms with van der Waals surface area (Å²) in [4.78, 5) is 15.9. The monoisotopic (exact) mass is 346 g/mol. The number of hydrogen-bond acceptors (Lipinski definition) is 2. The van der Waals surface area contributed by atoms with E-state index in [1.807, 2.05) is 36.4 Å². The van der Waals surface area contributed by atoms with E-state index in [1.54, 1.807) is 9.80 Å². The number of rotatable bonds is 1. The van der Waals surface area contributed by atoms with Gasteiger partial charge in [0.05, 0.1) is 11.7 Å². The SMILES string of the molecule is O=C1N(c2ccc(Br)c3ccccc23)C(O)[C@H]2CCCN12. The molecule has 4 rings (SSSR count). The number of anilines is 1. The number of hydrogen-bond donors (Lipinski definition) is 1. The first kappa shape index (κ1) is 13.1. The van der Waals surface area contributed by atoms with E-state index in [4.69, 9.17) is 0 Å². The number of urea groups is 1. The molecule has 0 saturated carbocycles. The lowest BCUT2D eigenvalue weighted by Gasteiger charge is -2.23. The maximum atomic E-state index is 12.6. The number of aliphatic hydroxyl groups excluding tert-OH is 1. The largest absolute Gasteiger partial charge is 0.371 e. The number of benzene rings is 2. The summed E-state index contributed by atoms with van der Waals surface area (Å²) in [6, 6.07) is 11.6. The summed E-state index contributed by atoms with van der Waals surface area (Å²) >= 11 is 3.54. The zero-order valence-corrected chi connectivity index (χ0v) is 13.0. The highest BCUT2D eigenvalue weighted by Crippen LogP contribution is 2.39. The third kappa shape index (κ3) is 1.80. The lowest BCUT2D eigenvalue weighted by atomic mass is 10.1. The van der Waals surface area contributed by atoms with Crippen molar-refractivity contribution in [2.75, 3.05) is 11.4 Å². The average Bonchev–Trinajstić information content (AvgIpc) is 3.06. The van der Waals surface area contributed by atoms with E-state index >= 15 is 0 Å². The summed E-state index contributed by atoms with van der Waals surface area (Å²) in [5, 5.41) is 12.6. The van der Waals surface area contributed by atoms with Gasteiger partial charge in [0.15, 0.2) is 6.23 Å². The Morgan fingerprint density at radius 2 is 1.90 bits per heavy atom. The van der Waals surface area contributed by atoms with Gasteiger partial charge in [0.25, 0.3) is 0 Å². The molecule has 2 heterocycles. The average molecular weight is 347 g/mol. The number of aliphatic hydroxyl groups is 1. The quantitative estimate of drug-likeness (QED) is 0.860. The van der Waals surface area contributed by atoms with E-state index < -0.39 is 6.23 Å². The summed E-state index contributed by atoms with van der Waals surface area (Å²) in [7, 11) is 0. The molecule has 2 fully saturated rings. The van der Waals surface area contributed by atoms with Crippen LogP contribution in [0.3, 0.4) is 0 Å². The molecular formula is C16H15BrN2O2. The van der Waals surface area contributed by atoms with E-state index in [2.05, 4.69) is 15.9 Å². The van der Waals surface area contributed by atoms with E-state index in [9.17, 15) is 9.90 Å². The van der Waals surface area contributed by atoms with Gasteiger partial charge in [0.1, 0.15) is 0 Å². The summed E-state index contributed by atoms with van der Waals surface area (Å²) < 4.78 is 0.989. The van der Waals surface area contributed by atoms with Gasteiger partial charge in [0, 0.05) is 16.4 Å². The molecule has 0 spiro atoms. The molecule has 1 N–H and O–H groups in total. The molecule has 2 aromatic rings. The predicted molar refractivity (Wildman–Crippen MR) is 85.3 cm³/mol. The van der Waals surface area contributed by atoms with Gasteiger partial charge in [0.2, 0.25) is 0 Å². The van der Waals surface area contributed by atoms with Gasteiger partial charge in [-0.2, -0.15) is 0 Å². The van der Waals surface area contributed by atoms with E-state index in [-0.39, 0.29) is 12.1 Å². The minimum atomic E-state index is -0.760. The molecule has 2 amide bonds. The van der Waals surface area contributed by atoms with Gasteiger partial charge in [-0.1, -0.05) is 40.2 Å². The van der Waals surface area contributed by atoms with Crippen LogP contribution in [0.2, 0.25) is 0 Å². The molecule has 0 radical (unpaired) electrons. The first-order valence-electron chi connectivity index (χ1n) is 7.13. The Morgan fingerprint density at radius 3 is 2.67 bits per heavy atom. The summed E-state index contributed by atoms with van der Waals surface area (Å²) in [5.41, 5.74) is 0.778.